The maximum atomic E-state index is 13.1. The molecular formula is C13H17ClFNO. The molecule has 2 nitrogen and oxygen atoms in total. The first-order valence-electron chi connectivity index (χ1n) is 5.79. The second-order valence-electron chi connectivity index (χ2n) is 5.40. The normalized spacial score (nSPS) is 35.9. The fourth-order valence-electron chi connectivity index (χ4n) is 3.22. The predicted octanol–water partition coefficient (Wildman–Crippen LogP) is 2.42. The Balaban J connectivity index is 0.00000108. The van der Waals surface area contributed by atoms with Crippen molar-refractivity contribution in [2.75, 3.05) is 0 Å². The zero-order valence-electron chi connectivity index (χ0n) is 9.69. The smallest absolute Gasteiger partial charge is 0.123 e. The van der Waals surface area contributed by atoms with E-state index in [1.54, 1.807) is 12.1 Å². The molecular weight excluding hydrogens is 241 g/mol. The molecule has 3 fully saturated rings. The van der Waals surface area contributed by atoms with Crippen LogP contribution in [0.2, 0.25) is 0 Å². The number of benzene rings is 1. The summed E-state index contributed by atoms with van der Waals surface area (Å²) >= 11 is 0. The molecule has 1 aromatic rings. The largest absolute Gasteiger partial charge is 0.387 e. The molecule has 2 atom stereocenters. The number of hydrogen-bond donors (Lipinski definition) is 2. The molecule has 0 aromatic heterocycles. The molecule has 0 amide bonds. The third-order valence-corrected chi connectivity index (χ3v) is 3.98. The van der Waals surface area contributed by atoms with Gasteiger partial charge in [-0.3, -0.25) is 0 Å². The summed E-state index contributed by atoms with van der Waals surface area (Å²) in [6, 6.07) is 6.35. The van der Waals surface area contributed by atoms with Crippen molar-refractivity contribution in [2.45, 2.75) is 37.5 Å². The van der Waals surface area contributed by atoms with Gasteiger partial charge in [-0.1, -0.05) is 12.1 Å². The number of fused-ring (bicyclic) bond motifs is 1. The van der Waals surface area contributed by atoms with Crippen LogP contribution >= 0.6 is 12.4 Å². The molecule has 4 heteroatoms. The molecule has 1 aromatic carbocycles. The molecule has 0 radical (unpaired) electrons. The summed E-state index contributed by atoms with van der Waals surface area (Å²) in [5, 5.41) is 13.7. The van der Waals surface area contributed by atoms with Crippen molar-refractivity contribution in [3.05, 3.63) is 35.6 Å². The van der Waals surface area contributed by atoms with Crippen LogP contribution in [-0.4, -0.2) is 16.7 Å². The molecule has 94 valence electrons. The van der Waals surface area contributed by atoms with Crippen LogP contribution in [-0.2, 0) is 0 Å². The fraction of sp³-hybridized carbons (Fsp3) is 0.538. The van der Waals surface area contributed by atoms with Crippen LogP contribution in [0.25, 0.3) is 0 Å². The Hall–Kier alpha value is -0.640. The van der Waals surface area contributed by atoms with Gasteiger partial charge in [0.1, 0.15) is 5.82 Å². The van der Waals surface area contributed by atoms with Gasteiger partial charge in [-0.25, -0.2) is 4.39 Å². The summed E-state index contributed by atoms with van der Waals surface area (Å²) in [5.74, 6) is 0.261. The zero-order chi connectivity index (χ0) is 11.3. The van der Waals surface area contributed by atoms with Crippen LogP contribution in [0.4, 0.5) is 4.39 Å². The van der Waals surface area contributed by atoms with Gasteiger partial charge in [0.25, 0.3) is 0 Å². The number of rotatable bonds is 2. The maximum absolute atomic E-state index is 13.1. The molecule has 2 N–H and O–H groups in total. The van der Waals surface area contributed by atoms with Crippen molar-refractivity contribution < 1.29 is 9.50 Å². The van der Waals surface area contributed by atoms with E-state index in [0.717, 1.165) is 12.8 Å². The van der Waals surface area contributed by atoms with E-state index in [2.05, 4.69) is 12.2 Å². The van der Waals surface area contributed by atoms with Gasteiger partial charge in [-0.15, -0.1) is 12.4 Å². The second kappa shape index (κ2) is 4.23. The van der Waals surface area contributed by atoms with Gasteiger partial charge < -0.3 is 10.4 Å². The fourth-order valence-corrected chi connectivity index (χ4v) is 3.22. The van der Waals surface area contributed by atoms with E-state index in [4.69, 9.17) is 0 Å². The first kappa shape index (κ1) is 12.8. The number of aliphatic hydroxyl groups is 1. The predicted molar refractivity (Wildman–Crippen MR) is 66.7 cm³/mol. The molecule has 3 aliphatic rings. The Bertz CT molecular complexity index is 420. The van der Waals surface area contributed by atoms with Crippen molar-refractivity contribution >= 4 is 12.4 Å². The third kappa shape index (κ3) is 2.07. The number of hydrogen-bond acceptors (Lipinski definition) is 2. The van der Waals surface area contributed by atoms with E-state index in [1.165, 1.54) is 12.1 Å². The monoisotopic (exact) mass is 257 g/mol. The highest BCUT2D eigenvalue weighted by Gasteiger charge is 2.54. The molecule has 1 unspecified atom stereocenters. The van der Waals surface area contributed by atoms with Crippen molar-refractivity contribution in [2.24, 2.45) is 5.92 Å². The van der Waals surface area contributed by atoms with E-state index >= 15 is 0 Å². The summed E-state index contributed by atoms with van der Waals surface area (Å²) in [7, 11) is 0. The van der Waals surface area contributed by atoms with Gasteiger partial charge in [-0.05, 0) is 43.4 Å². The minimum Gasteiger partial charge on any atom is -0.387 e. The van der Waals surface area contributed by atoms with Crippen LogP contribution in [0.5, 0.6) is 0 Å². The molecule has 17 heavy (non-hydrogen) atoms. The minimum absolute atomic E-state index is 0. The van der Waals surface area contributed by atoms with Gasteiger partial charge in [-0.2, -0.15) is 0 Å². The summed E-state index contributed by atoms with van der Waals surface area (Å²) in [4.78, 5) is 0. The Kier molecular flexibility index (Phi) is 3.19. The molecule has 4 rings (SSSR count). The van der Waals surface area contributed by atoms with Crippen LogP contribution in [0.3, 0.4) is 0 Å². The Morgan fingerprint density at radius 1 is 1.47 bits per heavy atom. The highest BCUT2D eigenvalue weighted by molar-refractivity contribution is 5.85. The van der Waals surface area contributed by atoms with Crippen molar-refractivity contribution in [1.29, 1.82) is 0 Å². The van der Waals surface area contributed by atoms with E-state index < -0.39 is 6.10 Å². The highest BCUT2D eigenvalue weighted by atomic mass is 35.5. The third-order valence-electron chi connectivity index (χ3n) is 3.98. The standard InChI is InChI=1S/C13H16FNO.ClH/c1-13-6-9(7-13)11(15-13)12(16)8-3-2-4-10(14)5-8;/h2-5,9,11-12,15-16H,6-7H2,1H3;1H/t9?,11?,12-,13?;/m0./s1. The highest BCUT2D eigenvalue weighted by Crippen LogP contribution is 2.50. The average Bonchev–Trinajstić information content (AvgIpc) is 2.70. The number of halogens is 2. The van der Waals surface area contributed by atoms with Crippen LogP contribution in [0.1, 0.15) is 31.4 Å². The molecule has 0 spiro atoms. The second-order valence-corrected chi connectivity index (χ2v) is 5.40. The van der Waals surface area contributed by atoms with Gasteiger partial charge in [0.2, 0.25) is 0 Å². The summed E-state index contributed by atoms with van der Waals surface area (Å²) in [5.41, 5.74) is 0.887. The molecule has 1 saturated carbocycles. The number of aliphatic hydroxyl groups excluding tert-OH is 1. The number of nitrogens with one attached hydrogen (secondary N) is 1. The zero-order valence-corrected chi connectivity index (χ0v) is 10.5. The Morgan fingerprint density at radius 2 is 2.18 bits per heavy atom. The SMILES string of the molecule is CC12CC(C1)C([C@@H](O)c1cccc(F)c1)N2.Cl. The van der Waals surface area contributed by atoms with E-state index in [0.29, 0.717) is 11.5 Å². The Morgan fingerprint density at radius 3 is 2.71 bits per heavy atom. The van der Waals surface area contributed by atoms with Gasteiger partial charge in [0.05, 0.1) is 6.10 Å². The average molecular weight is 258 g/mol. The lowest BCUT2D eigenvalue weighted by Crippen LogP contribution is -2.40. The minimum atomic E-state index is -0.593. The lowest BCUT2D eigenvalue weighted by Gasteiger charge is -2.33. The van der Waals surface area contributed by atoms with E-state index in [-0.39, 0.29) is 29.8 Å². The van der Waals surface area contributed by atoms with Gasteiger partial charge >= 0.3 is 0 Å². The van der Waals surface area contributed by atoms with Gasteiger partial charge in [0, 0.05) is 11.6 Å². The quantitative estimate of drug-likeness (QED) is 0.853. The summed E-state index contributed by atoms with van der Waals surface area (Å²) < 4.78 is 13.1. The lowest BCUT2D eigenvalue weighted by molar-refractivity contribution is 0.121. The Labute approximate surface area is 107 Å². The van der Waals surface area contributed by atoms with E-state index in [9.17, 15) is 9.50 Å². The van der Waals surface area contributed by atoms with Crippen molar-refractivity contribution in [1.82, 2.24) is 5.32 Å². The van der Waals surface area contributed by atoms with Gasteiger partial charge in [0.15, 0.2) is 0 Å². The van der Waals surface area contributed by atoms with Crippen molar-refractivity contribution in [3.8, 4) is 0 Å². The van der Waals surface area contributed by atoms with Crippen LogP contribution in [0.15, 0.2) is 24.3 Å². The topological polar surface area (TPSA) is 32.3 Å². The molecule has 2 heterocycles. The van der Waals surface area contributed by atoms with E-state index in [1.807, 2.05) is 0 Å². The first-order valence-corrected chi connectivity index (χ1v) is 5.79. The first-order chi connectivity index (χ1) is 7.57. The molecule has 2 saturated heterocycles. The maximum Gasteiger partial charge on any atom is 0.123 e. The molecule has 1 aliphatic carbocycles. The molecule has 2 bridgehead atoms. The summed E-state index contributed by atoms with van der Waals surface area (Å²) in [6.07, 6.45) is 1.67. The van der Waals surface area contributed by atoms with Crippen molar-refractivity contribution in [3.63, 3.8) is 0 Å². The lowest BCUT2D eigenvalue weighted by atomic mass is 9.72. The van der Waals surface area contributed by atoms with Crippen LogP contribution in [0, 0.1) is 11.7 Å². The van der Waals surface area contributed by atoms with Crippen LogP contribution < -0.4 is 5.32 Å². The molecule has 2 aliphatic heterocycles. The summed E-state index contributed by atoms with van der Waals surface area (Å²) in [6.45, 7) is 2.18.